The van der Waals surface area contributed by atoms with Crippen molar-refractivity contribution >= 4 is 22.4 Å². The van der Waals surface area contributed by atoms with Gasteiger partial charge in [0.25, 0.3) is 11.5 Å². The summed E-state index contributed by atoms with van der Waals surface area (Å²) in [7, 11) is 0. The normalized spacial score (nSPS) is 10.7. The predicted octanol–water partition coefficient (Wildman–Crippen LogP) is 3.98. The summed E-state index contributed by atoms with van der Waals surface area (Å²) in [5.74, 6) is -0.496. The summed E-state index contributed by atoms with van der Waals surface area (Å²) in [6.45, 7) is 2.40. The molecule has 0 aliphatic carbocycles. The number of anilines is 1. The van der Waals surface area contributed by atoms with Crippen LogP contribution < -0.4 is 10.9 Å². The number of benzene rings is 2. The molecule has 0 unspecified atom stereocenters. The summed E-state index contributed by atoms with van der Waals surface area (Å²) in [5, 5.41) is 11.9. The molecule has 0 bridgehead atoms. The van der Waals surface area contributed by atoms with Gasteiger partial charge in [0.05, 0.1) is 6.54 Å². The van der Waals surface area contributed by atoms with Gasteiger partial charge in [0.2, 0.25) is 5.13 Å². The van der Waals surface area contributed by atoms with Crippen molar-refractivity contribution in [2.75, 3.05) is 5.32 Å². The average Bonchev–Trinajstić information content (AvgIpc) is 3.19. The number of nitrogens with one attached hydrogen (secondary N) is 1. The maximum absolute atomic E-state index is 12.8. The van der Waals surface area contributed by atoms with Crippen molar-refractivity contribution in [3.05, 3.63) is 100.0 Å². The van der Waals surface area contributed by atoms with Gasteiger partial charge < -0.3 is 4.57 Å². The number of aryl methyl sites for hydroxylation is 1. The van der Waals surface area contributed by atoms with Gasteiger partial charge >= 0.3 is 0 Å². The number of rotatable bonds is 5. The van der Waals surface area contributed by atoms with E-state index in [2.05, 4.69) is 15.5 Å². The number of aromatic nitrogens is 3. The molecule has 0 saturated carbocycles. The van der Waals surface area contributed by atoms with E-state index in [0.717, 1.165) is 16.7 Å². The highest BCUT2D eigenvalue weighted by Crippen LogP contribution is 2.26. The van der Waals surface area contributed by atoms with E-state index >= 15 is 0 Å². The van der Waals surface area contributed by atoms with Gasteiger partial charge in [0.15, 0.2) is 0 Å². The Morgan fingerprint density at radius 1 is 1.03 bits per heavy atom. The topological polar surface area (TPSA) is 76.9 Å². The van der Waals surface area contributed by atoms with Gasteiger partial charge in [-0.15, -0.1) is 10.2 Å². The van der Waals surface area contributed by atoms with Crippen LogP contribution in [0.4, 0.5) is 5.13 Å². The second-order valence-electron chi connectivity index (χ2n) is 6.58. The van der Waals surface area contributed by atoms with Crippen molar-refractivity contribution in [2.45, 2.75) is 13.5 Å². The van der Waals surface area contributed by atoms with Crippen LogP contribution in [0.25, 0.3) is 10.6 Å². The second kappa shape index (κ2) is 8.20. The van der Waals surface area contributed by atoms with E-state index in [-0.39, 0.29) is 11.1 Å². The Morgan fingerprint density at radius 3 is 2.66 bits per heavy atom. The second-order valence-corrected chi connectivity index (χ2v) is 7.55. The number of hydrogen-bond acceptors (Lipinski definition) is 5. The highest BCUT2D eigenvalue weighted by atomic mass is 32.1. The molecule has 7 heteroatoms. The molecular formula is C22H18N4O2S. The minimum atomic E-state index is -0.496. The summed E-state index contributed by atoms with van der Waals surface area (Å²) in [6.07, 6.45) is 1.68. The quantitative estimate of drug-likeness (QED) is 0.548. The third kappa shape index (κ3) is 4.30. The molecule has 29 heavy (non-hydrogen) atoms. The van der Waals surface area contributed by atoms with Gasteiger partial charge in [-0.3, -0.25) is 14.9 Å². The first-order valence-electron chi connectivity index (χ1n) is 9.05. The SMILES string of the molecule is Cc1cccc(Cn2cccc(C(=O)Nc3nnc(-c4ccccc4)s3)c2=O)c1. The lowest BCUT2D eigenvalue weighted by Gasteiger charge is -2.08. The minimum Gasteiger partial charge on any atom is -0.310 e. The lowest BCUT2D eigenvalue weighted by atomic mass is 10.1. The molecule has 4 rings (SSSR count). The number of hydrogen-bond donors (Lipinski definition) is 1. The molecule has 2 heterocycles. The van der Waals surface area contributed by atoms with Gasteiger partial charge in [0, 0.05) is 11.8 Å². The van der Waals surface area contributed by atoms with Crippen LogP contribution >= 0.6 is 11.3 Å². The van der Waals surface area contributed by atoms with Gasteiger partial charge in [-0.2, -0.15) is 0 Å². The molecule has 0 saturated heterocycles. The fraction of sp³-hybridized carbons (Fsp3) is 0.0909. The average molecular weight is 402 g/mol. The molecular weight excluding hydrogens is 384 g/mol. The van der Waals surface area contributed by atoms with Gasteiger partial charge in [0.1, 0.15) is 10.6 Å². The van der Waals surface area contributed by atoms with Crippen LogP contribution in [0.5, 0.6) is 0 Å². The molecule has 1 amide bonds. The molecule has 1 N–H and O–H groups in total. The molecule has 0 aliphatic heterocycles. The van der Waals surface area contributed by atoms with Crippen LogP contribution in [-0.2, 0) is 6.54 Å². The van der Waals surface area contributed by atoms with Gasteiger partial charge in [-0.25, -0.2) is 0 Å². The van der Waals surface area contributed by atoms with E-state index < -0.39 is 5.91 Å². The van der Waals surface area contributed by atoms with Crippen molar-refractivity contribution in [3.8, 4) is 10.6 Å². The van der Waals surface area contributed by atoms with Crippen LogP contribution in [0.3, 0.4) is 0 Å². The maximum atomic E-state index is 12.8. The largest absolute Gasteiger partial charge is 0.310 e. The zero-order chi connectivity index (χ0) is 20.2. The van der Waals surface area contributed by atoms with Crippen molar-refractivity contribution < 1.29 is 4.79 Å². The Bertz CT molecular complexity index is 1210. The first kappa shape index (κ1) is 18.8. The summed E-state index contributed by atoms with van der Waals surface area (Å²) in [5.41, 5.74) is 2.76. The van der Waals surface area contributed by atoms with E-state index in [0.29, 0.717) is 16.7 Å². The van der Waals surface area contributed by atoms with Crippen LogP contribution in [-0.4, -0.2) is 20.7 Å². The Hall–Kier alpha value is -3.58. The van der Waals surface area contributed by atoms with E-state index in [9.17, 15) is 9.59 Å². The maximum Gasteiger partial charge on any atom is 0.263 e. The fourth-order valence-corrected chi connectivity index (χ4v) is 3.72. The van der Waals surface area contributed by atoms with Crippen LogP contribution in [0.15, 0.2) is 77.7 Å². The van der Waals surface area contributed by atoms with E-state index in [1.54, 1.807) is 12.3 Å². The number of nitrogens with zero attached hydrogens (tertiary/aromatic N) is 3. The lowest BCUT2D eigenvalue weighted by molar-refractivity contribution is 0.102. The van der Waals surface area contributed by atoms with Crippen molar-refractivity contribution in [1.82, 2.24) is 14.8 Å². The lowest BCUT2D eigenvalue weighted by Crippen LogP contribution is -2.29. The van der Waals surface area contributed by atoms with Crippen LogP contribution in [0.1, 0.15) is 21.5 Å². The molecule has 6 nitrogen and oxygen atoms in total. The van der Waals surface area contributed by atoms with Crippen LogP contribution in [0.2, 0.25) is 0 Å². The van der Waals surface area contributed by atoms with E-state index in [1.165, 1.54) is 22.0 Å². The molecule has 0 aliphatic rings. The zero-order valence-corrected chi connectivity index (χ0v) is 16.5. The smallest absolute Gasteiger partial charge is 0.263 e. The van der Waals surface area contributed by atoms with Crippen LogP contribution in [0, 0.1) is 6.92 Å². The van der Waals surface area contributed by atoms with Gasteiger partial charge in [-0.1, -0.05) is 71.5 Å². The first-order chi connectivity index (χ1) is 14.1. The third-order valence-corrected chi connectivity index (χ3v) is 5.25. The summed E-state index contributed by atoms with van der Waals surface area (Å²) >= 11 is 1.26. The number of carbonyl (C=O) groups excluding carboxylic acids is 1. The Kier molecular flexibility index (Phi) is 5.31. The number of carbonyl (C=O) groups is 1. The third-order valence-electron chi connectivity index (χ3n) is 4.37. The molecule has 0 spiro atoms. The van der Waals surface area contributed by atoms with Crippen molar-refractivity contribution in [1.29, 1.82) is 0 Å². The van der Waals surface area contributed by atoms with Crippen molar-refractivity contribution in [2.24, 2.45) is 0 Å². The van der Waals surface area contributed by atoms with E-state index in [4.69, 9.17) is 0 Å². The van der Waals surface area contributed by atoms with Gasteiger partial charge in [-0.05, 0) is 24.6 Å². The molecule has 2 aromatic carbocycles. The summed E-state index contributed by atoms with van der Waals surface area (Å²) < 4.78 is 1.53. The monoisotopic (exact) mass is 402 g/mol. The minimum absolute atomic E-state index is 0.0663. The standard InChI is InChI=1S/C22H18N4O2S/c1-15-7-5-8-16(13-15)14-26-12-6-11-18(21(26)28)19(27)23-22-25-24-20(29-22)17-9-3-2-4-10-17/h2-13H,14H2,1H3,(H,23,25,27). The summed E-state index contributed by atoms with van der Waals surface area (Å²) in [6, 6.07) is 20.7. The molecule has 0 fully saturated rings. The fourth-order valence-electron chi connectivity index (χ4n) is 2.98. The number of pyridine rings is 1. The zero-order valence-electron chi connectivity index (χ0n) is 15.7. The summed E-state index contributed by atoms with van der Waals surface area (Å²) in [4.78, 5) is 25.4. The molecule has 0 atom stereocenters. The number of amides is 1. The highest BCUT2D eigenvalue weighted by Gasteiger charge is 2.15. The highest BCUT2D eigenvalue weighted by molar-refractivity contribution is 7.18. The Balaban J connectivity index is 1.54. The van der Waals surface area contributed by atoms with Crippen molar-refractivity contribution in [3.63, 3.8) is 0 Å². The Morgan fingerprint density at radius 2 is 1.86 bits per heavy atom. The van der Waals surface area contributed by atoms with E-state index in [1.807, 2.05) is 61.5 Å². The Labute approximate surface area is 171 Å². The molecule has 4 aromatic rings. The molecule has 0 radical (unpaired) electrons. The first-order valence-corrected chi connectivity index (χ1v) is 9.87. The molecule has 144 valence electrons. The molecule has 2 aromatic heterocycles. The predicted molar refractivity (Wildman–Crippen MR) is 114 cm³/mol.